The highest BCUT2D eigenvalue weighted by Gasteiger charge is 2.06. The number of carbonyl (C=O) groups excluding carboxylic acids is 1. The quantitative estimate of drug-likeness (QED) is 0.569. The van der Waals surface area contributed by atoms with Crippen LogP contribution in [0.3, 0.4) is 0 Å². The van der Waals surface area contributed by atoms with Gasteiger partial charge in [0.15, 0.2) is 0 Å². The van der Waals surface area contributed by atoms with Gasteiger partial charge in [-0.3, -0.25) is 0 Å². The summed E-state index contributed by atoms with van der Waals surface area (Å²) in [5, 5.41) is 0. The maximum atomic E-state index is 10.9. The third-order valence-corrected chi connectivity index (χ3v) is 4.66. The Hall–Kier alpha value is -0.970. The number of rotatable bonds is 6. The molecule has 2 atom stereocenters. The molecule has 25 heavy (non-hydrogen) atoms. The summed E-state index contributed by atoms with van der Waals surface area (Å²) in [6.07, 6.45) is 2.61. The zero-order valence-corrected chi connectivity index (χ0v) is 18.3. The first-order valence-corrected chi connectivity index (χ1v) is 10.1. The third kappa shape index (κ3) is 10.6. The molecule has 0 heterocycles. The van der Waals surface area contributed by atoms with Gasteiger partial charge in [0.1, 0.15) is 5.78 Å². The minimum atomic E-state index is 0.246. The number of benzene rings is 2. The Bertz CT molecular complexity index is 636. The Morgan fingerprint density at radius 1 is 0.880 bits per heavy atom. The van der Waals surface area contributed by atoms with E-state index in [-0.39, 0.29) is 11.8 Å². The molecular formula is C21H27Br2NO. The van der Waals surface area contributed by atoms with Crippen molar-refractivity contribution in [2.24, 2.45) is 11.7 Å². The van der Waals surface area contributed by atoms with Crippen molar-refractivity contribution in [3.05, 3.63) is 68.6 Å². The molecule has 0 saturated carbocycles. The lowest BCUT2D eigenvalue weighted by molar-refractivity contribution is -0.117. The third-order valence-electron chi connectivity index (χ3n) is 3.60. The van der Waals surface area contributed by atoms with Gasteiger partial charge in [-0.15, -0.1) is 0 Å². The molecule has 0 aliphatic heterocycles. The SMILES string of the molecule is CC(=O)CC(C)Cc1ccc(Br)cc1.CC(N)Cc1ccc(Br)cc1. The molecule has 2 nitrogen and oxygen atoms in total. The van der Waals surface area contributed by atoms with Crippen molar-refractivity contribution in [1.82, 2.24) is 0 Å². The van der Waals surface area contributed by atoms with Gasteiger partial charge in [0.2, 0.25) is 0 Å². The molecule has 0 fully saturated rings. The maximum Gasteiger partial charge on any atom is 0.130 e. The van der Waals surface area contributed by atoms with Crippen LogP contribution in [-0.2, 0) is 17.6 Å². The van der Waals surface area contributed by atoms with Crippen LogP contribution < -0.4 is 5.73 Å². The van der Waals surface area contributed by atoms with Crippen LogP contribution in [0.2, 0.25) is 0 Å². The predicted molar refractivity (Wildman–Crippen MR) is 114 cm³/mol. The first-order valence-electron chi connectivity index (χ1n) is 8.50. The van der Waals surface area contributed by atoms with E-state index in [4.69, 9.17) is 5.73 Å². The highest BCUT2D eigenvalue weighted by Crippen LogP contribution is 2.15. The van der Waals surface area contributed by atoms with Gasteiger partial charge in [0.05, 0.1) is 0 Å². The van der Waals surface area contributed by atoms with Crippen molar-refractivity contribution in [3.8, 4) is 0 Å². The first-order chi connectivity index (χ1) is 11.8. The van der Waals surface area contributed by atoms with Crippen molar-refractivity contribution < 1.29 is 4.79 Å². The Kier molecular flexibility index (Phi) is 10.2. The fourth-order valence-electron chi connectivity index (χ4n) is 2.58. The molecule has 2 rings (SSSR count). The maximum absolute atomic E-state index is 10.9. The van der Waals surface area contributed by atoms with Gasteiger partial charge < -0.3 is 10.5 Å². The van der Waals surface area contributed by atoms with Crippen molar-refractivity contribution in [2.45, 2.75) is 46.1 Å². The summed E-state index contributed by atoms with van der Waals surface area (Å²) in [7, 11) is 0. The number of hydrogen-bond donors (Lipinski definition) is 1. The molecule has 0 spiro atoms. The summed E-state index contributed by atoms with van der Waals surface area (Å²) in [6.45, 7) is 5.78. The molecule has 0 aliphatic carbocycles. The van der Waals surface area contributed by atoms with Gasteiger partial charge in [-0.2, -0.15) is 0 Å². The second-order valence-electron chi connectivity index (χ2n) is 6.65. The highest BCUT2D eigenvalue weighted by atomic mass is 79.9. The second-order valence-corrected chi connectivity index (χ2v) is 8.48. The van der Waals surface area contributed by atoms with Crippen molar-refractivity contribution in [1.29, 1.82) is 0 Å². The molecule has 136 valence electrons. The van der Waals surface area contributed by atoms with Gasteiger partial charge >= 0.3 is 0 Å². The van der Waals surface area contributed by atoms with E-state index in [1.54, 1.807) is 6.92 Å². The van der Waals surface area contributed by atoms with Gasteiger partial charge in [-0.25, -0.2) is 0 Å². The number of Topliss-reactive ketones (excluding diaryl/α,β-unsaturated/α-hetero) is 1. The second kappa shape index (κ2) is 11.6. The van der Waals surface area contributed by atoms with Crippen molar-refractivity contribution >= 4 is 37.6 Å². The van der Waals surface area contributed by atoms with Crippen LogP contribution in [0.15, 0.2) is 57.5 Å². The van der Waals surface area contributed by atoms with Crippen molar-refractivity contribution in [3.63, 3.8) is 0 Å². The average Bonchev–Trinajstić information content (AvgIpc) is 2.51. The van der Waals surface area contributed by atoms with E-state index < -0.39 is 0 Å². The van der Waals surface area contributed by atoms with E-state index in [0.29, 0.717) is 12.3 Å². The van der Waals surface area contributed by atoms with Crippen LogP contribution in [0.25, 0.3) is 0 Å². The smallest absolute Gasteiger partial charge is 0.130 e. The summed E-state index contributed by atoms with van der Waals surface area (Å²) in [5.74, 6) is 0.711. The van der Waals surface area contributed by atoms with Gasteiger partial charge in [0.25, 0.3) is 0 Å². The molecule has 2 aromatic carbocycles. The van der Waals surface area contributed by atoms with E-state index in [9.17, 15) is 4.79 Å². The number of hydrogen-bond acceptors (Lipinski definition) is 2. The number of halogens is 2. The van der Waals surface area contributed by atoms with Crippen LogP contribution >= 0.6 is 31.9 Å². The van der Waals surface area contributed by atoms with Gasteiger partial charge in [-0.1, -0.05) is 63.0 Å². The fraction of sp³-hybridized carbons (Fsp3) is 0.381. The summed E-state index contributed by atoms with van der Waals surface area (Å²) in [4.78, 5) is 10.9. The zero-order valence-electron chi connectivity index (χ0n) is 15.1. The van der Waals surface area contributed by atoms with Crippen LogP contribution in [0.4, 0.5) is 0 Å². The summed E-state index contributed by atoms with van der Waals surface area (Å²) < 4.78 is 2.21. The predicted octanol–water partition coefficient (Wildman–Crippen LogP) is 5.95. The lowest BCUT2D eigenvalue weighted by atomic mass is 9.97. The lowest BCUT2D eigenvalue weighted by Crippen LogP contribution is -2.17. The Balaban J connectivity index is 0.000000257. The van der Waals surface area contributed by atoms with E-state index in [0.717, 1.165) is 21.8 Å². The zero-order chi connectivity index (χ0) is 18.8. The first kappa shape index (κ1) is 22.1. The van der Waals surface area contributed by atoms with E-state index in [2.05, 4.69) is 63.0 Å². The molecule has 2 N–H and O–H groups in total. The lowest BCUT2D eigenvalue weighted by Gasteiger charge is -2.08. The molecule has 0 aliphatic rings. The minimum absolute atomic E-state index is 0.246. The summed E-state index contributed by atoms with van der Waals surface area (Å²) >= 11 is 6.78. The molecule has 0 saturated heterocycles. The Morgan fingerprint density at radius 2 is 1.28 bits per heavy atom. The Labute approximate surface area is 168 Å². The number of carbonyl (C=O) groups is 1. The largest absolute Gasteiger partial charge is 0.328 e. The molecular weight excluding hydrogens is 442 g/mol. The number of ketones is 1. The van der Waals surface area contributed by atoms with E-state index in [1.807, 2.05) is 31.2 Å². The monoisotopic (exact) mass is 467 g/mol. The van der Waals surface area contributed by atoms with Crippen LogP contribution in [-0.4, -0.2) is 11.8 Å². The molecule has 0 radical (unpaired) electrons. The van der Waals surface area contributed by atoms with Crippen LogP contribution in [0.1, 0.15) is 38.3 Å². The average molecular weight is 469 g/mol. The van der Waals surface area contributed by atoms with E-state index in [1.165, 1.54) is 11.1 Å². The highest BCUT2D eigenvalue weighted by molar-refractivity contribution is 9.10. The fourth-order valence-corrected chi connectivity index (χ4v) is 3.11. The Morgan fingerprint density at radius 3 is 1.64 bits per heavy atom. The van der Waals surface area contributed by atoms with E-state index >= 15 is 0 Å². The normalized spacial score (nSPS) is 12.7. The summed E-state index contributed by atoms with van der Waals surface area (Å²) in [5.41, 5.74) is 8.24. The molecule has 2 unspecified atom stereocenters. The summed E-state index contributed by atoms with van der Waals surface area (Å²) in [6, 6.07) is 16.8. The van der Waals surface area contributed by atoms with Gasteiger partial charge in [-0.05, 0) is 68.0 Å². The molecule has 0 bridgehead atoms. The standard InChI is InChI=1S/C12H15BrO.C9H12BrN/c1-9(7-10(2)14)8-11-3-5-12(13)6-4-11;1-7(11)6-8-2-4-9(10)5-3-8/h3-6,9H,7-8H2,1-2H3;2-5,7H,6,11H2,1H3. The molecule has 0 aromatic heterocycles. The number of nitrogens with two attached hydrogens (primary N) is 1. The van der Waals surface area contributed by atoms with Crippen LogP contribution in [0.5, 0.6) is 0 Å². The molecule has 4 heteroatoms. The molecule has 2 aromatic rings. The molecule has 0 amide bonds. The van der Waals surface area contributed by atoms with Crippen molar-refractivity contribution in [2.75, 3.05) is 0 Å². The minimum Gasteiger partial charge on any atom is -0.328 e. The van der Waals surface area contributed by atoms with Crippen LogP contribution in [0, 0.1) is 5.92 Å². The topological polar surface area (TPSA) is 43.1 Å². The van der Waals surface area contributed by atoms with Gasteiger partial charge in [0, 0.05) is 21.4 Å².